The predicted molar refractivity (Wildman–Crippen MR) is 187 cm³/mol. The molecular weight excluding hydrogens is 737 g/mol. The molecule has 235 valence electrons. The number of benzene rings is 4. The van der Waals surface area contributed by atoms with E-state index in [1.807, 2.05) is 39.0 Å². The van der Waals surface area contributed by atoms with Crippen molar-refractivity contribution in [2.45, 2.75) is 86.5 Å². The van der Waals surface area contributed by atoms with Gasteiger partial charge in [0.05, 0.1) is 5.76 Å². The Morgan fingerprint density at radius 1 is 0.864 bits per heavy atom. The largest absolute Gasteiger partial charge is 0.512 e. The van der Waals surface area contributed by atoms with Crippen LogP contribution in [0.3, 0.4) is 0 Å². The Labute approximate surface area is 281 Å². The topological polar surface area (TPSA) is 37.3 Å². The molecule has 1 N–H and O–H groups in total. The van der Waals surface area contributed by atoms with E-state index in [2.05, 4.69) is 100 Å². The third-order valence-electron chi connectivity index (χ3n) is 8.59. The maximum Gasteiger partial charge on any atom is 0.162 e. The molecule has 1 radical (unpaired) electrons. The van der Waals surface area contributed by atoms with E-state index >= 15 is 0 Å². The molecule has 0 aliphatic rings. The Kier molecular flexibility index (Phi) is 12.6. The Bertz CT molecular complexity index is 1750. The number of carbonyl (C=O) groups excluding carboxylic acids is 1. The van der Waals surface area contributed by atoms with Gasteiger partial charge < -0.3 is 5.11 Å². The van der Waals surface area contributed by atoms with E-state index in [0.29, 0.717) is 0 Å². The summed E-state index contributed by atoms with van der Waals surface area (Å²) in [6, 6.07) is 29.0. The summed E-state index contributed by atoms with van der Waals surface area (Å²) < 4.78 is 2.67. The van der Waals surface area contributed by atoms with Gasteiger partial charge in [-0.3, -0.25) is 4.79 Å². The molecule has 0 unspecified atom stereocenters. The molecule has 2 nitrogen and oxygen atoms in total. The van der Waals surface area contributed by atoms with E-state index < -0.39 is 0 Å². The summed E-state index contributed by atoms with van der Waals surface area (Å²) in [5, 5.41) is 14.9. The van der Waals surface area contributed by atoms with Crippen LogP contribution < -0.4 is 0 Å². The molecule has 1 heterocycles. The molecule has 5 aromatic rings. The van der Waals surface area contributed by atoms with Crippen LogP contribution in [-0.2, 0) is 30.3 Å². The summed E-state index contributed by atoms with van der Waals surface area (Å²) in [6.45, 7) is 17.1. The minimum Gasteiger partial charge on any atom is -0.512 e. The number of aliphatic hydroxyl groups is 1. The van der Waals surface area contributed by atoms with Crippen LogP contribution in [0.25, 0.3) is 42.1 Å². The normalized spacial score (nSPS) is 12.1. The second kappa shape index (κ2) is 15.5. The number of rotatable bonds is 8. The fourth-order valence-corrected chi connectivity index (χ4v) is 7.15. The number of hydrogen-bond donors (Lipinski definition) is 1. The third kappa shape index (κ3) is 7.71. The second-order valence-electron chi connectivity index (χ2n) is 12.5. The van der Waals surface area contributed by atoms with Crippen molar-refractivity contribution in [3.8, 4) is 11.1 Å². The molecular formula is C40H46IrO2S-2. The van der Waals surface area contributed by atoms with Gasteiger partial charge in [-0.25, -0.2) is 0 Å². The first-order chi connectivity index (χ1) is 20.5. The summed E-state index contributed by atoms with van der Waals surface area (Å²) in [6.07, 6.45) is 4.91. The van der Waals surface area contributed by atoms with E-state index in [0.717, 1.165) is 36.8 Å². The smallest absolute Gasteiger partial charge is 0.162 e. The molecule has 44 heavy (non-hydrogen) atoms. The quantitative estimate of drug-likeness (QED) is 0.0967. The molecule has 4 aromatic carbocycles. The van der Waals surface area contributed by atoms with Crippen LogP contribution in [0, 0.1) is 30.9 Å². The van der Waals surface area contributed by atoms with E-state index in [9.17, 15) is 9.90 Å². The number of carbonyl (C=O) groups is 1. The fraction of sp³-hybridized carbons (Fsp3) is 0.375. The standard InChI is InChI=1S/C27H22S.C13H24O2.Ir/c1-17-9-7-13-22-23-14-8-12-21(26(23)28-25(17)22)19-15-18-10-5-6-11-20(18)24(16-19)27(2,3)4;1-5-10(6-2)12(14)9-13(15)11(7-3)8-4;/h5-11,13-14,16H,1-4H3;9-11,14H,5-8H2,1-4H3;/q-2;;/b;12-9-;. The minimum absolute atomic E-state index is 0. The average Bonchev–Trinajstić information content (AvgIpc) is 3.38. The van der Waals surface area contributed by atoms with Crippen LogP contribution in [0.2, 0.25) is 0 Å². The fourth-order valence-electron chi connectivity index (χ4n) is 5.87. The van der Waals surface area contributed by atoms with Gasteiger partial charge in [0.25, 0.3) is 0 Å². The third-order valence-corrected chi connectivity index (χ3v) is 9.96. The first-order valence-electron chi connectivity index (χ1n) is 15.8. The van der Waals surface area contributed by atoms with Crippen LogP contribution in [0.4, 0.5) is 0 Å². The Balaban J connectivity index is 0.000000286. The maximum absolute atomic E-state index is 11.7. The maximum atomic E-state index is 11.7. The first kappa shape index (κ1) is 35.7. The van der Waals surface area contributed by atoms with Crippen molar-refractivity contribution in [2.24, 2.45) is 11.8 Å². The van der Waals surface area contributed by atoms with Crippen LogP contribution in [0.5, 0.6) is 0 Å². The number of ketones is 1. The van der Waals surface area contributed by atoms with Crippen LogP contribution in [0.1, 0.15) is 85.3 Å². The van der Waals surface area contributed by atoms with E-state index in [-0.39, 0.29) is 48.9 Å². The number of fused-ring (bicyclic) bond motifs is 4. The SMILES string of the molecule is CCC(CC)C(=O)/C=C(\O)C(CC)CC.Cc1cccc2c1sc1c(-c3[c-]c4ccccc4c(C(C)(C)C)c3)[c-]ccc12.[Ir]. The van der Waals surface area contributed by atoms with Gasteiger partial charge in [-0.05, 0) is 49.0 Å². The molecule has 0 saturated heterocycles. The van der Waals surface area contributed by atoms with Gasteiger partial charge >= 0.3 is 0 Å². The minimum atomic E-state index is 0. The average molecular weight is 783 g/mol. The summed E-state index contributed by atoms with van der Waals surface area (Å²) in [7, 11) is 0. The van der Waals surface area contributed by atoms with Crippen molar-refractivity contribution < 1.29 is 30.0 Å². The zero-order valence-electron chi connectivity index (χ0n) is 27.4. The van der Waals surface area contributed by atoms with Crippen molar-refractivity contribution in [3.63, 3.8) is 0 Å². The molecule has 0 bridgehead atoms. The summed E-state index contributed by atoms with van der Waals surface area (Å²) in [4.78, 5) is 11.7. The zero-order chi connectivity index (χ0) is 31.3. The van der Waals surface area contributed by atoms with Crippen molar-refractivity contribution in [3.05, 3.63) is 95.8 Å². The van der Waals surface area contributed by atoms with Gasteiger partial charge in [0, 0.05) is 42.7 Å². The molecule has 0 amide bonds. The van der Waals surface area contributed by atoms with Crippen molar-refractivity contribution >= 4 is 48.1 Å². The molecule has 0 atom stereocenters. The van der Waals surface area contributed by atoms with Crippen molar-refractivity contribution in [2.75, 3.05) is 0 Å². The number of hydrogen-bond acceptors (Lipinski definition) is 3. The molecule has 0 aliphatic carbocycles. The Hall–Kier alpha value is -2.78. The van der Waals surface area contributed by atoms with Crippen LogP contribution in [0.15, 0.2) is 72.5 Å². The Morgan fingerprint density at radius 2 is 1.48 bits per heavy atom. The number of allylic oxidation sites excluding steroid dienone is 2. The molecule has 4 heteroatoms. The van der Waals surface area contributed by atoms with Gasteiger partial charge in [0.15, 0.2) is 5.78 Å². The van der Waals surface area contributed by atoms with Crippen LogP contribution in [-0.4, -0.2) is 10.9 Å². The van der Waals surface area contributed by atoms with Crippen LogP contribution >= 0.6 is 11.3 Å². The predicted octanol–water partition coefficient (Wildman–Crippen LogP) is 11.9. The molecule has 0 aliphatic heterocycles. The number of aryl methyl sites for hydroxylation is 1. The number of thiophene rings is 1. The molecule has 0 saturated carbocycles. The van der Waals surface area contributed by atoms with E-state index in [1.165, 1.54) is 48.1 Å². The number of aliphatic hydroxyl groups excluding tert-OH is 1. The first-order valence-corrected chi connectivity index (χ1v) is 16.6. The molecule has 0 spiro atoms. The monoisotopic (exact) mass is 783 g/mol. The van der Waals surface area contributed by atoms with Gasteiger partial charge in [-0.15, -0.1) is 23.1 Å². The van der Waals surface area contributed by atoms with E-state index in [1.54, 1.807) is 0 Å². The van der Waals surface area contributed by atoms with Gasteiger partial charge in [0.2, 0.25) is 0 Å². The van der Waals surface area contributed by atoms with Crippen molar-refractivity contribution in [1.82, 2.24) is 0 Å². The summed E-state index contributed by atoms with van der Waals surface area (Å²) in [5.41, 5.74) is 5.06. The van der Waals surface area contributed by atoms with Gasteiger partial charge in [-0.1, -0.05) is 100 Å². The van der Waals surface area contributed by atoms with Gasteiger partial charge in [0.1, 0.15) is 0 Å². The molecule has 5 rings (SSSR count). The summed E-state index contributed by atoms with van der Waals surface area (Å²) >= 11 is 1.88. The summed E-state index contributed by atoms with van der Waals surface area (Å²) in [5.74, 6) is 0.547. The molecule has 0 fully saturated rings. The Morgan fingerprint density at radius 3 is 2.11 bits per heavy atom. The molecule has 1 aromatic heterocycles. The van der Waals surface area contributed by atoms with E-state index in [4.69, 9.17) is 0 Å². The zero-order valence-corrected chi connectivity index (χ0v) is 30.6. The van der Waals surface area contributed by atoms with Crippen molar-refractivity contribution in [1.29, 1.82) is 0 Å². The second-order valence-corrected chi connectivity index (χ2v) is 13.6. The van der Waals surface area contributed by atoms with Gasteiger partial charge in [-0.2, -0.15) is 46.7 Å².